The summed E-state index contributed by atoms with van der Waals surface area (Å²) < 4.78 is 0. The van der Waals surface area contributed by atoms with Crippen LogP contribution in [-0.2, 0) is 11.8 Å². The highest BCUT2D eigenvalue weighted by Crippen LogP contribution is 2.26. The fourth-order valence-electron chi connectivity index (χ4n) is 3.37. The van der Waals surface area contributed by atoms with Crippen molar-refractivity contribution in [2.75, 3.05) is 24.5 Å². The molecule has 0 atom stereocenters. The molecule has 1 saturated heterocycles. The topological polar surface area (TPSA) is 71.2 Å². The van der Waals surface area contributed by atoms with Gasteiger partial charge >= 0.3 is 0 Å². The number of thiazole rings is 1. The SMILES string of the molecule is CC(C)(C)c1ccc(N2CCC(NC(=O)c3csc(CCN)n3)CC2)cc1. The molecule has 5 nitrogen and oxygen atoms in total. The van der Waals surface area contributed by atoms with E-state index >= 15 is 0 Å². The first-order valence-corrected chi connectivity index (χ1v) is 10.6. The quantitative estimate of drug-likeness (QED) is 0.827. The van der Waals surface area contributed by atoms with Gasteiger partial charge in [-0.05, 0) is 42.5 Å². The van der Waals surface area contributed by atoms with Crippen molar-refractivity contribution in [1.82, 2.24) is 10.3 Å². The molecule has 0 bridgehead atoms. The molecular formula is C21H30N4OS. The molecule has 1 aromatic carbocycles. The van der Waals surface area contributed by atoms with Crippen molar-refractivity contribution in [2.24, 2.45) is 5.73 Å². The summed E-state index contributed by atoms with van der Waals surface area (Å²) in [5.74, 6) is -0.0671. The maximum Gasteiger partial charge on any atom is 0.270 e. The number of anilines is 1. The molecule has 1 aromatic heterocycles. The number of nitrogens with one attached hydrogen (secondary N) is 1. The number of piperidine rings is 1. The van der Waals surface area contributed by atoms with Gasteiger partial charge in [-0.25, -0.2) is 4.98 Å². The monoisotopic (exact) mass is 386 g/mol. The van der Waals surface area contributed by atoms with Gasteiger partial charge in [-0.1, -0.05) is 32.9 Å². The number of hydrogen-bond donors (Lipinski definition) is 2. The lowest BCUT2D eigenvalue weighted by atomic mass is 9.87. The Kier molecular flexibility index (Phi) is 6.17. The molecule has 1 fully saturated rings. The molecule has 0 aliphatic carbocycles. The lowest BCUT2D eigenvalue weighted by Crippen LogP contribution is -2.44. The van der Waals surface area contributed by atoms with Crippen LogP contribution in [0.4, 0.5) is 5.69 Å². The predicted octanol–water partition coefficient (Wildman–Crippen LogP) is 3.34. The first-order chi connectivity index (χ1) is 12.9. The first kappa shape index (κ1) is 19.8. The van der Waals surface area contributed by atoms with E-state index in [0.29, 0.717) is 12.2 Å². The molecule has 2 heterocycles. The summed E-state index contributed by atoms with van der Waals surface area (Å²) >= 11 is 1.50. The summed E-state index contributed by atoms with van der Waals surface area (Å²) in [4.78, 5) is 19.2. The molecule has 0 radical (unpaired) electrons. The van der Waals surface area contributed by atoms with E-state index in [9.17, 15) is 4.79 Å². The van der Waals surface area contributed by atoms with Crippen molar-refractivity contribution >= 4 is 22.9 Å². The first-order valence-electron chi connectivity index (χ1n) is 9.67. The Labute approximate surface area is 166 Å². The second-order valence-electron chi connectivity index (χ2n) is 8.20. The summed E-state index contributed by atoms with van der Waals surface area (Å²) in [5.41, 5.74) is 8.86. The molecule has 146 valence electrons. The van der Waals surface area contributed by atoms with Crippen molar-refractivity contribution in [3.05, 3.63) is 45.9 Å². The molecule has 1 aliphatic heterocycles. The van der Waals surface area contributed by atoms with Crippen LogP contribution in [0.3, 0.4) is 0 Å². The van der Waals surface area contributed by atoms with Crippen molar-refractivity contribution in [3.8, 4) is 0 Å². The lowest BCUT2D eigenvalue weighted by molar-refractivity contribution is 0.0926. The van der Waals surface area contributed by atoms with Crippen LogP contribution in [0.15, 0.2) is 29.6 Å². The van der Waals surface area contributed by atoms with Crippen LogP contribution in [0.2, 0.25) is 0 Å². The number of benzene rings is 1. The molecule has 0 saturated carbocycles. The van der Waals surface area contributed by atoms with Gasteiger partial charge in [0.25, 0.3) is 5.91 Å². The number of nitrogens with two attached hydrogens (primary N) is 1. The van der Waals surface area contributed by atoms with E-state index in [4.69, 9.17) is 5.73 Å². The third-order valence-corrected chi connectivity index (χ3v) is 5.98. The highest BCUT2D eigenvalue weighted by atomic mass is 32.1. The second-order valence-corrected chi connectivity index (χ2v) is 9.14. The van der Waals surface area contributed by atoms with Crippen LogP contribution in [-0.4, -0.2) is 36.6 Å². The van der Waals surface area contributed by atoms with E-state index in [1.165, 1.54) is 22.6 Å². The lowest BCUT2D eigenvalue weighted by Gasteiger charge is -2.34. The van der Waals surface area contributed by atoms with Crippen LogP contribution >= 0.6 is 11.3 Å². The number of hydrogen-bond acceptors (Lipinski definition) is 5. The molecule has 27 heavy (non-hydrogen) atoms. The molecule has 3 N–H and O–H groups in total. The van der Waals surface area contributed by atoms with Crippen LogP contribution in [0.1, 0.15) is 54.7 Å². The minimum Gasteiger partial charge on any atom is -0.371 e. The molecule has 6 heteroatoms. The van der Waals surface area contributed by atoms with Gasteiger partial charge < -0.3 is 16.0 Å². The Hall–Kier alpha value is -1.92. The van der Waals surface area contributed by atoms with Crippen molar-refractivity contribution in [3.63, 3.8) is 0 Å². The van der Waals surface area contributed by atoms with Crippen LogP contribution in [0.25, 0.3) is 0 Å². The maximum absolute atomic E-state index is 12.4. The third kappa shape index (κ3) is 5.08. The Morgan fingerprint density at radius 3 is 2.52 bits per heavy atom. The van der Waals surface area contributed by atoms with Crippen LogP contribution in [0, 0.1) is 0 Å². The maximum atomic E-state index is 12.4. The number of aromatic nitrogens is 1. The largest absolute Gasteiger partial charge is 0.371 e. The highest BCUT2D eigenvalue weighted by Gasteiger charge is 2.23. The molecule has 1 amide bonds. The third-order valence-electron chi connectivity index (χ3n) is 5.07. The number of nitrogens with zero attached hydrogens (tertiary/aromatic N) is 2. The van der Waals surface area contributed by atoms with Gasteiger partial charge in [0.2, 0.25) is 0 Å². The van der Waals surface area contributed by atoms with E-state index in [0.717, 1.165) is 37.4 Å². The van der Waals surface area contributed by atoms with Crippen LogP contribution in [0.5, 0.6) is 0 Å². The highest BCUT2D eigenvalue weighted by molar-refractivity contribution is 7.09. The zero-order valence-corrected chi connectivity index (χ0v) is 17.3. The van der Waals surface area contributed by atoms with E-state index in [1.54, 1.807) is 0 Å². The van der Waals surface area contributed by atoms with Crippen molar-refractivity contribution in [2.45, 2.75) is 51.5 Å². The Balaban J connectivity index is 1.51. The van der Waals surface area contributed by atoms with Gasteiger partial charge in [0, 0.05) is 36.6 Å². The number of carbonyl (C=O) groups is 1. The standard InChI is InChI=1S/C21H30N4OS/c1-21(2,3)15-4-6-17(7-5-15)25-12-9-16(10-13-25)23-20(26)18-14-27-19(24-18)8-11-22/h4-7,14,16H,8-13,22H2,1-3H3,(H,23,26). The fourth-order valence-corrected chi connectivity index (χ4v) is 4.16. The summed E-state index contributed by atoms with van der Waals surface area (Å²) in [7, 11) is 0. The Morgan fingerprint density at radius 1 is 1.26 bits per heavy atom. The fraction of sp³-hybridized carbons (Fsp3) is 0.524. The van der Waals surface area contributed by atoms with Crippen molar-refractivity contribution < 1.29 is 4.79 Å². The predicted molar refractivity (Wildman–Crippen MR) is 113 cm³/mol. The van der Waals surface area contributed by atoms with Gasteiger partial charge in [-0.3, -0.25) is 4.79 Å². The zero-order chi connectivity index (χ0) is 19.4. The average Bonchev–Trinajstić information content (AvgIpc) is 3.11. The molecule has 1 aliphatic rings. The Morgan fingerprint density at radius 2 is 1.93 bits per heavy atom. The summed E-state index contributed by atoms with van der Waals surface area (Å²) in [6.07, 6.45) is 2.63. The smallest absolute Gasteiger partial charge is 0.270 e. The zero-order valence-electron chi connectivity index (χ0n) is 16.5. The van der Waals surface area contributed by atoms with Gasteiger partial charge in [-0.2, -0.15) is 0 Å². The normalized spacial score (nSPS) is 15.8. The Bertz CT molecular complexity index is 755. The molecule has 3 rings (SSSR count). The molecule has 0 spiro atoms. The summed E-state index contributed by atoms with van der Waals surface area (Å²) in [5, 5.41) is 5.89. The van der Waals surface area contributed by atoms with Crippen molar-refractivity contribution in [1.29, 1.82) is 0 Å². The van der Waals surface area contributed by atoms with Gasteiger partial charge in [-0.15, -0.1) is 11.3 Å². The van der Waals surface area contributed by atoms with Gasteiger partial charge in [0.05, 0.1) is 5.01 Å². The van der Waals surface area contributed by atoms with E-state index in [-0.39, 0.29) is 17.4 Å². The van der Waals surface area contributed by atoms with E-state index in [2.05, 4.69) is 60.2 Å². The minimum absolute atomic E-state index is 0.0671. The second kappa shape index (κ2) is 8.40. The number of rotatable bonds is 5. The van der Waals surface area contributed by atoms with Crippen LogP contribution < -0.4 is 16.0 Å². The summed E-state index contributed by atoms with van der Waals surface area (Å²) in [6, 6.07) is 9.10. The average molecular weight is 387 g/mol. The number of amides is 1. The van der Waals surface area contributed by atoms with E-state index in [1.807, 2.05) is 5.38 Å². The molecule has 2 aromatic rings. The van der Waals surface area contributed by atoms with E-state index < -0.39 is 0 Å². The van der Waals surface area contributed by atoms with Gasteiger partial charge in [0.15, 0.2) is 0 Å². The summed E-state index contributed by atoms with van der Waals surface area (Å²) in [6.45, 7) is 9.17. The minimum atomic E-state index is -0.0671. The molecular weight excluding hydrogens is 356 g/mol. The van der Waals surface area contributed by atoms with Gasteiger partial charge in [0.1, 0.15) is 5.69 Å². The number of carbonyl (C=O) groups excluding carboxylic acids is 1. The molecule has 0 unspecified atom stereocenters.